The zero-order valence-electron chi connectivity index (χ0n) is 26.6. The molecule has 0 unspecified atom stereocenters. The van der Waals surface area contributed by atoms with Crippen LogP contribution in [0.15, 0.2) is 41.5 Å². The molecule has 10 heteroatoms. The molecule has 1 aliphatic heterocycles. The first-order valence-electron chi connectivity index (χ1n) is 14.8. The fourth-order valence-electron chi connectivity index (χ4n) is 8.85. The second kappa shape index (κ2) is 11.1. The van der Waals surface area contributed by atoms with E-state index in [2.05, 4.69) is 0 Å². The molecule has 3 fully saturated rings. The van der Waals surface area contributed by atoms with Crippen molar-refractivity contribution in [3.63, 3.8) is 0 Å². The summed E-state index contributed by atoms with van der Waals surface area (Å²) in [7, 11) is 6.25. The average Bonchev–Trinajstić information content (AvgIpc) is 2.97. The van der Waals surface area contributed by atoms with Crippen LogP contribution in [-0.4, -0.2) is 94.5 Å². The van der Waals surface area contributed by atoms with Crippen LogP contribution in [0.1, 0.15) is 57.8 Å². The highest BCUT2D eigenvalue weighted by molar-refractivity contribution is 5.94. The van der Waals surface area contributed by atoms with Crippen LogP contribution < -0.4 is 0 Å². The van der Waals surface area contributed by atoms with Crippen LogP contribution in [0, 0.1) is 16.7 Å². The summed E-state index contributed by atoms with van der Waals surface area (Å²) in [5.74, 6) is -2.31. The highest BCUT2D eigenvalue weighted by Crippen LogP contribution is 2.65. The van der Waals surface area contributed by atoms with Gasteiger partial charge in [0.2, 0.25) is 0 Å². The molecule has 1 aromatic carbocycles. The van der Waals surface area contributed by atoms with Crippen LogP contribution >= 0.6 is 0 Å². The van der Waals surface area contributed by atoms with Crippen molar-refractivity contribution in [3.8, 4) is 0 Å². The van der Waals surface area contributed by atoms with Gasteiger partial charge in [-0.2, -0.15) is 0 Å². The molecule has 0 amide bonds. The van der Waals surface area contributed by atoms with E-state index in [0.717, 1.165) is 5.57 Å². The lowest BCUT2D eigenvalue weighted by Crippen LogP contribution is -2.82. The lowest BCUT2D eigenvalue weighted by Gasteiger charge is -2.68. The number of rotatable bonds is 7. The highest BCUT2D eigenvalue weighted by Gasteiger charge is 2.78. The Labute approximate surface area is 253 Å². The molecule has 5 rings (SSSR count). The smallest absolute Gasteiger partial charge is 0.338 e. The standard InChI is InChI=1S/C33H44O10/c1-18-21(37-6)16-33(40-9)28(42-29(36)20-13-11-10-12-14-20)26-31(5,27(35)25(39-8)24(18)30(33,3)4)22(38-7)15-23-32(26,17-41-23)43-19(2)34/h10-14,21-23,25-26,28H,15-17H2,1-9H3/t21-,22-,23+,25+,26-,28-,31+,32-,33+/m0/s1. The van der Waals surface area contributed by atoms with Crippen molar-refractivity contribution in [2.24, 2.45) is 16.7 Å². The van der Waals surface area contributed by atoms with Gasteiger partial charge in [0, 0.05) is 53.6 Å². The largest absolute Gasteiger partial charge is 0.455 e. The van der Waals surface area contributed by atoms with Crippen molar-refractivity contribution in [2.45, 2.75) is 89.2 Å². The Bertz CT molecular complexity index is 1310. The molecule has 4 aliphatic rings. The quantitative estimate of drug-likeness (QED) is 0.339. The molecular formula is C33H44O10. The molecule has 0 radical (unpaired) electrons. The molecule has 0 aromatic heterocycles. The van der Waals surface area contributed by atoms with Crippen LogP contribution in [0.3, 0.4) is 0 Å². The van der Waals surface area contributed by atoms with Gasteiger partial charge in [0.1, 0.15) is 23.9 Å². The first-order chi connectivity index (χ1) is 20.3. The molecule has 10 nitrogen and oxygen atoms in total. The van der Waals surface area contributed by atoms with Gasteiger partial charge in [-0.3, -0.25) is 9.59 Å². The molecule has 0 spiro atoms. The van der Waals surface area contributed by atoms with Gasteiger partial charge < -0.3 is 33.2 Å². The van der Waals surface area contributed by atoms with E-state index in [4.69, 9.17) is 33.2 Å². The van der Waals surface area contributed by atoms with E-state index in [-0.39, 0.29) is 12.4 Å². The topological polar surface area (TPSA) is 116 Å². The normalized spacial score (nSPS) is 39.9. The number of ketones is 1. The Kier molecular flexibility index (Phi) is 8.18. The van der Waals surface area contributed by atoms with E-state index >= 15 is 4.79 Å². The van der Waals surface area contributed by atoms with Crippen LogP contribution in [-0.2, 0) is 42.7 Å². The van der Waals surface area contributed by atoms with Crippen LogP contribution in [0.2, 0.25) is 0 Å². The minimum absolute atomic E-state index is 0.0217. The molecule has 9 atom stereocenters. The van der Waals surface area contributed by atoms with Crippen molar-refractivity contribution < 1.29 is 47.5 Å². The highest BCUT2D eigenvalue weighted by atomic mass is 16.6. The molecule has 1 heterocycles. The van der Waals surface area contributed by atoms with Crippen LogP contribution in [0.5, 0.6) is 0 Å². The lowest BCUT2D eigenvalue weighted by molar-refractivity contribution is -0.349. The van der Waals surface area contributed by atoms with Gasteiger partial charge in [0.05, 0.1) is 35.7 Å². The van der Waals surface area contributed by atoms with Crippen LogP contribution in [0.25, 0.3) is 0 Å². The number of hydrogen-bond acceptors (Lipinski definition) is 10. The van der Waals surface area contributed by atoms with Gasteiger partial charge in [-0.15, -0.1) is 0 Å². The first kappa shape index (κ1) is 31.8. The van der Waals surface area contributed by atoms with E-state index in [1.807, 2.05) is 33.8 Å². The fraction of sp³-hybridized carbons (Fsp3) is 0.667. The Morgan fingerprint density at radius 2 is 1.65 bits per heavy atom. The SMILES string of the molecule is CO[C@H]1C(=O)[C@]2(C)[C@@H](OC)C[C@H]3OC[C@@]3(OC(C)=O)[C@H]2[C@H](OC(=O)c2ccccc2)[C@]2(OC)C[C@H](OC)C(C)=C1C2(C)C. The third-order valence-electron chi connectivity index (χ3n) is 11.0. The maximum Gasteiger partial charge on any atom is 0.338 e. The van der Waals surface area contributed by atoms with Crippen molar-refractivity contribution in [1.29, 1.82) is 0 Å². The number of Topliss-reactive ketones (excluding diaryl/α,β-unsaturated/α-hetero) is 1. The van der Waals surface area contributed by atoms with E-state index in [0.29, 0.717) is 24.0 Å². The van der Waals surface area contributed by atoms with Gasteiger partial charge in [-0.25, -0.2) is 4.79 Å². The molecule has 1 saturated heterocycles. The fourth-order valence-corrected chi connectivity index (χ4v) is 8.85. The Hall–Kier alpha value is -2.63. The Balaban J connectivity index is 1.88. The minimum atomic E-state index is -1.36. The number of methoxy groups -OCH3 is 4. The summed E-state index contributed by atoms with van der Waals surface area (Å²) in [5.41, 5.74) is -2.94. The minimum Gasteiger partial charge on any atom is -0.455 e. The Morgan fingerprint density at radius 1 is 0.977 bits per heavy atom. The van der Waals surface area contributed by atoms with E-state index < -0.39 is 70.4 Å². The monoisotopic (exact) mass is 600 g/mol. The van der Waals surface area contributed by atoms with Crippen molar-refractivity contribution in [1.82, 2.24) is 0 Å². The van der Waals surface area contributed by atoms with Crippen LogP contribution in [0.4, 0.5) is 0 Å². The predicted molar refractivity (Wildman–Crippen MR) is 154 cm³/mol. The molecule has 43 heavy (non-hydrogen) atoms. The zero-order chi connectivity index (χ0) is 31.5. The molecule has 3 aliphatic carbocycles. The number of fused-ring (bicyclic) bond motifs is 5. The predicted octanol–water partition coefficient (Wildman–Crippen LogP) is 3.70. The van der Waals surface area contributed by atoms with E-state index in [1.54, 1.807) is 45.6 Å². The van der Waals surface area contributed by atoms with Gasteiger partial charge in [-0.05, 0) is 37.1 Å². The molecular weight excluding hydrogens is 556 g/mol. The summed E-state index contributed by atoms with van der Waals surface area (Å²) >= 11 is 0. The summed E-state index contributed by atoms with van der Waals surface area (Å²) in [4.78, 5) is 41.9. The number of carbonyl (C=O) groups excluding carboxylic acids is 3. The summed E-state index contributed by atoms with van der Waals surface area (Å²) < 4.78 is 43.6. The van der Waals surface area contributed by atoms with E-state index in [1.165, 1.54) is 14.0 Å². The first-order valence-corrected chi connectivity index (χ1v) is 14.8. The van der Waals surface area contributed by atoms with Crippen molar-refractivity contribution in [3.05, 3.63) is 47.0 Å². The van der Waals surface area contributed by atoms with E-state index in [9.17, 15) is 9.59 Å². The molecule has 2 bridgehead atoms. The number of benzene rings is 1. The Morgan fingerprint density at radius 3 is 2.16 bits per heavy atom. The molecule has 2 saturated carbocycles. The van der Waals surface area contributed by atoms with Gasteiger partial charge in [0.25, 0.3) is 0 Å². The third kappa shape index (κ3) is 4.28. The summed E-state index contributed by atoms with van der Waals surface area (Å²) in [6.07, 6.45) is -3.27. The van der Waals surface area contributed by atoms with Gasteiger partial charge in [0.15, 0.2) is 11.4 Å². The molecule has 236 valence electrons. The second-order valence-electron chi connectivity index (χ2n) is 13.0. The van der Waals surface area contributed by atoms with Gasteiger partial charge >= 0.3 is 11.9 Å². The average molecular weight is 601 g/mol. The third-order valence-corrected chi connectivity index (χ3v) is 11.0. The summed E-state index contributed by atoms with van der Waals surface area (Å²) in [5, 5.41) is 0. The number of esters is 2. The number of hydrogen-bond donors (Lipinski definition) is 0. The maximum atomic E-state index is 15.1. The molecule has 0 N–H and O–H groups in total. The van der Waals surface area contributed by atoms with Crippen molar-refractivity contribution >= 4 is 17.7 Å². The zero-order valence-corrected chi connectivity index (χ0v) is 26.6. The maximum absolute atomic E-state index is 15.1. The lowest BCUT2D eigenvalue weighted by atomic mass is 9.44. The number of carbonyl (C=O) groups is 3. The number of ether oxygens (including phenoxy) is 7. The summed E-state index contributed by atoms with van der Waals surface area (Å²) in [6.45, 7) is 9.08. The second-order valence-corrected chi connectivity index (χ2v) is 13.0. The van der Waals surface area contributed by atoms with Crippen molar-refractivity contribution in [2.75, 3.05) is 35.0 Å². The molecule has 1 aromatic rings. The van der Waals surface area contributed by atoms with Gasteiger partial charge in [-0.1, -0.05) is 32.0 Å². The summed E-state index contributed by atoms with van der Waals surface area (Å²) in [6, 6.07) is 8.67.